The van der Waals surface area contributed by atoms with Crippen molar-refractivity contribution in [1.82, 2.24) is 4.90 Å². The first-order chi connectivity index (χ1) is 7.99. The van der Waals surface area contributed by atoms with Gasteiger partial charge in [0.05, 0.1) is 0 Å². The monoisotopic (exact) mass is 254 g/mol. The summed E-state index contributed by atoms with van der Waals surface area (Å²) < 4.78 is 0. The second-order valence-corrected chi connectivity index (χ2v) is 5.50. The maximum atomic E-state index is 6.03. The fourth-order valence-corrected chi connectivity index (χ4v) is 1.94. The number of hydrogen-bond acceptors (Lipinski definition) is 2. The van der Waals surface area contributed by atoms with Gasteiger partial charge >= 0.3 is 0 Å². The molecule has 0 aliphatic carbocycles. The fraction of sp³-hybridized carbons (Fsp3) is 0.571. The van der Waals surface area contributed by atoms with Crippen molar-refractivity contribution < 1.29 is 0 Å². The van der Waals surface area contributed by atoms with Gasteiger partial charge in [0, 0.05) is 17.6 Å². The number of nitrogens with two attached hydrogens (primary N) is 1. The van der Waals surface area contributed by atoms with Crippen molar-refractivity contribution in [3.63, 3.8) is 0 Å². The Morgan fingerprint density at radius 3 is 2.65 bits per heavy atom. The molecule has 0 saturated heterocycles. The average molecular weight is 255 g/mol. The smallest absolute Gasteiger partial charge is 0.0409 e. The Balaban J connectivity index is 2.37. The van der Waals surface area contributed by atoms with Crippen LogP contribution >= 0.6 is 11.6 Å². The van der Waals surface area contributed by atoms with E-state index in [4.69, 9.17) is 17.3 Å². The Bertz CT molecular complexity index is 339. The van der Waals surface area contributed by atoms with E-state index in [0.717, 1.165) is 24.5 Å². The highest BCUT2D eigenvalue weighted by molar-refractivity contribution is 6.30. The lowest BCUT2D eigenvalue weighted by Crippen LogP contribution is -2.31. The standard InChI is InChI=1S/C14H23ClN2/c1-11(2)14(16)7-8-17(3)10-12-5-4-6-13(15)9-12/h4-6,9,11,14H,7-8,10,16H2,1-3H3. The van der Waals surface area contributed by atoms with E-state index < -0.39 is 0 Å². The van der Waals surface area contributed by atoms with Crippen molar-refractivity contribution in [2.75, 3.05) is 13.6 Å². The number of hydrogen-bond donors (Lipinski definition) is 1. The Kier molecular flexibility index (Phi) is 5.96. The van der Waals surface area contributed by atoms with Crippen LogP contribution < -0.4 is 5.73 Å². The molecule has 0 aliphatic rings. The first-order valence-corrected chi connectivity index (χ1v) is 6.55. The quantitative estimate of drug-likeness (QED) is 0.845. The molecule has 1 aromatic carbocycles. The Labute approximate surface area is 110 Å². The highest BCUT2D eigenvalue weighted by Gasteiger charge is 2.09. The summed E-state index contributed by atoms with van der Waals surface area (Å²) in [6, 6.07) is 8.30. The van der Waals surface area contributed by atoms with Crippen LogP contribution in [0.15, 0.2) is 24.3 Å². The van der Waals surface area contributed by atoms with Crippen molar-refractivity contribution in [1.29, 1.82) is 0 Å². The molecule has 2 nitrogen and oxygen atoms in total. The van der Waals surface area contributed by atoms with Gasteiger partial charge < -0.3 is 10.6 Å². The highest BCUT2D eigenvalue weighted by atomic mass is 35.5. The van der Waals surface area contributed by atoms with Crippen LogP contribution in [0.25, 0.3) is 0 Å². The lowest BCUT2D eigenvalue weighted by molar-refractivity contribution is 0.296. The summed E-state index contributed by atoms with van der Waals surface area (Å²) in [7, 11) is 2.12. The van der Waals surface area contributed by atoms with Crippen LogP contribution in [0.3, 0.4) is 0 Å². The highest BCUT2D eigenvalue weighted by Crippen LogP contribution is 2.12. The van der Waals surface area contributed by atoms with Gasteiger partial charge in [0.1, 0.15) is 0 Å². The van der Waals surface area contributed by atoms with E-state index >= 15 is 0 Å². The molecular formula is C14H23ClN2. The zero-order valence-electron chi connectivity index (χ0n) is 11.0. The molecule has 1 rings (SSSR count). The molecule has 0 aliphatic heterocycles. The normalized spacial score (nSPS) is 13.4. The minimum atomic E-state index is 0.289. The van der Waals surface area contributed by atoms with E-state index in [0.29, 0.717) is 5.92 Å². The van der Waals surface area contributed by atoms with Gasteiger partial charge in [0.2, 0.25) is 0 Å². The molecule has 1 aromatic rings. The van der Waals surface area contributed by atoms with E-state index in [1.54, 1.807) is 0 Å². The molecule has 0 bridgehead atoms. The van der Waals surface area contributed by atoms with Crippen LogP contribution in [0, 0.1) is 5.92 Å². The van der Waals surface area contributed by atoms with Gasteiger partial charge in [0.25, 0.3) is 0 Å². The van der Waals surface area contributed by atoms with Gasteiger partial charge in [0.15, 0.2) is 0 Å². The molecular weight excluding hydrogens is 232 g/mol. The molecule has 1 unspecified atom stereocenters. The van der Waals surface area contributed by atoms with Crippen LogP contribution in [-0.4, -0.2) is 24.5 Å². The molecule has 0 heterocycles. The number of halogens is 1. The summed E-state index contributed by atoms with van der Waals surface area (Å²) in [6.07, 6.45) is 1.04. The molecule has 0 aromatic heterocycles. The van der Waals surface area contributed by atoms with Crippen LogP contribution in [0.4, 0.5) is 0 Å². The SMILES string of the molecule is CC(C)C(N)CCN(C)Cc1cccc(Cl)c1. The largest absolute Gasteiger partial charge is 0.327 e. The number of nitrogens with zero attached hydrogens (tertiary/aromatic N) is 1. The van der Waals surface area contributed by atoms with E-state index in [-0.39, 0.29) is 6.04 Å². The van der Waals surface area contributed by atoms with E-state index in [1.807, 2.05) is 18.2 Å². The predicted molar refractivity (Wildman–Crippen MR) is 75.2 cm³/mol. The van der Waals surface area contributed by atoms with Gasteiger partial charge in [-0.1, -0.05) is 37.6 Å². The number of benzene rings is 1. The second kappa shape index (κ2) is 7.00. The van der Waals surface area contributed by atoms with Gasteiger partial charge in [-0.05, 0) is 43.6 Å². The number of rotatable bonds is 6. The molecule has 0 spiro atoms. The van der Waals surface area contributed by atoms with E-state index in [9.17, 15) is 0 Å². The topological polar surface area (TPSA) is 29.3 Å². The van der Waals surface area contributed by atoms with Crippen molar-refractivity contribution in [3.8, 4) is 0 Å². The maximum Gasteiger partial charge on any atom is 0.0409 e. The van der Waals surface area contributed by atoms with Gasteiger partial charge in [-0.3, -0.25) is 0 Å². The minimum Gasteiger partial charge on any atom is -0.327 e. The summed E-state index contributed by atoms with van der Waals surface area (Å²) in [4.78, 5) is 2.29. The zero-order valence-corrected chi connectivity index (χ0v) is 11.7. The second-order valence-electron chi connectivity index (χ2n) is 5.06. The van der Waals surface area contributed by atoms with Crippen molar-refractivity contribution in [3.05, 3.63) is 34.9 Å². The van der Waals surface area contributed by atoms with Gasteiger partial charge in [-0.15, -0.1) is 0 Å². The molecule has 1 atom stereocenters. The van der Waals surface area contributed by atoms with E-state index in [1.165, 1.54) is 5.56 Å². The lowest BCUT2D eigenvalue weighted by atomic mass is 10.0. The van der Waals surface area contributed by atoms with Crippen LogP contribution in [-0.2, 0) is 6.54 Å². The third-order valence-electron chi connectivity index (χ3n) is 3.04. The first-order valence-electron chi connectivity index (χ1n) is 6.17. The van der Waals surface area contributed by atoms with Crippen molar-refractivity contribution >= 4 is 11.6 Å². The third kappa shape index (κ3) is 5.53. The van der Waals surface area contributed by atoms with Crippen LogP contribution in [0.5, 0.6) is 0 Å². The average Bonchev–Trinajstić information content (AvgIpc) is 2.25. The fourth-order valence-electron chi connectivity index (χ4n) is 1.73. The van der Waals surface area contributed by atoms with Crippen LogP contribution in [0.1, 0.15) is 25.8 Å². The summed E-state index contributed by atoms with van der Waals surface area (Å²) in [6.45, 7) is 6.28. The molecule has 96 valence electrons. The molecule has 0 fully saturated rings. The van der Waals surface area contributed by atoms with Gasteiger partial charge in [-0.25, -0.2) is 0 Å². The Hall–Kier alpha value is -0.570. The minimum absolute atomic E-state index is 0.289. The third-order valence-corrected chi connectivity index (χ3v) is 3.28. The van der Waals surface area contributed by atoms with Gasteiger partial charge in [-0.2, -0.15) is 0 Å². The summed E-state index contributed by atoms with van der Waals surface area (Å²) >= 11 is 5.96. The molecule has 0 amide bonds. The van der Waals surface area contributed by atoms with E-state index in [2.05, 4.69) is 31.9 Å². The van der Waals surface area contributed by atoms with Crippen LogP contribution in [0.2, 0.25) is 5.02 Å². The summed E-state index contributed by atoms with van der Waals surface area (Å²) in [5, 5.41) is 0.801. The Morgan fingerprint density at radius 2 is 2.06 bits per heavy atom. The molecule has 0 radical (unpaired) electrons. The van der Waals surface area contributed by atoms with Crippen molar-refractivity contribution in [2.45, 2.75) is 32.9 Å². The maximum absolute atomic E-state index is 6.03. The Morgan fingerprint density at radius 1 is 1.35 bits per heavy atom. The molecule has 0 saturated carbocycles. The molecule has 2 N–H and O–H groups in total. The molecule has 17 heavy (non-hydrogen) atoms. The lowest BCUT2D eigenvalue weighted by Gasteiger charge is -2.21. The first kappa shape index (κ1) is 14.5. The zero-order chi connectivity index (χ0) is 12.8. The summed E-state index contributed by atoms with van der Waals surface area (Å²) in [5.74, 6) is 0.551. The van der Waals surface area contributed by atoms with Crippen molar-refractivity contribution in [2.24, 2.45) is 11.7 Å². The molecule has 3 heteroatoms. The predicted octanol–water partition coefficient (Wildman–Crippen LogP) is 3.15. The summed E-state index contributed by atoms with van der Waals surface area (Å²) in [5.41, 5.74) is 7.28.